The smallest absolute Gasteiger partial charge is 0.308 e. The van der Waals surface area contributed by atoms with Gasteiger partial charge in [0.1, 0.15) is 5.84 Å². The first-order chi connectivity index (χ1) is 7.25. The highest BCUT2D eigenvalue weighted by Crippen LogP contribution is 2.11. The molecule has 0 atom stereocenters. The Morgan fingerprint density at radius 3 is 2.19 bits per heavy atom. The zero-order valence-electron chi connectivity index (χ0n) is 9.69. The summed E-state index contributed by atoms with van der Waals surface area (Å²) in [5.41, 5.74) is 5.24. The number of aromatic nitrogens is 1. The maximum atomic E-state index is 10.0. The summed E-state index contributed by atoms with van der Waals surface area (Å²) < 4.78 is 0. The van der Waals surface area contributed by atoms with Crippen molar-refractivity contribution in [1.29, 1.82) is 5.41 Å². The standard InChI is InChI=1S/C6H7N3.C5H10O2/c7-6(8)5-2-1-3-9-4-5;1-5(2,3)4(6)7/h1-4H,(H3,7,8);1-3H3,(H,6,7). The third-order valence-electron chi connectivity index (χ3n) is 1.61. The van der Waals surface area contributed by atoms with Crippen molar-refractivity contribution in [1.82, 2.24) is 4.98 Å². The van der Waals surface area contributed by atoms with Crippen molar-refractivity contribution in [3.8, 4) is 0 Å². The lowest BCUT2D eigenvalue weighted by Gasteiger charge is -2.08. The second kappa shape index (κ2) is 5.85. The largest absolute Gasteiger partial charge is 0.481 e. The fourth-order valence-electron chi connectivity index (χ4n) is 0.522. The predicted octanol–water partition coefficient (Wildman–Crippen LogP) is 1.48. The van der Waals surface area contributed by atoms with Gasteiger partial charge in [-0.25, -0.2) is 0 Å². The Hall–Kier alpha value is -1.91. The number of carboxylic acids is 1. The second-order valence-electron chi connectivity index (χ2n) is 4.21. The monoisotopic (exact) mass is 223 g/mol. The second-order valence-corrected chi connectivity index (χ2v) is 4.21. The molecular formula is C11H17N3O2. The number of carboxylic acid groups (broad SMARTS) is 1. The van der Waals surface area contributed by atoms with Crippen LogP contribution in [0.5, 0.6) is 0 Å². The van der Waals surface area contributed by atoms with Gasteiger partial charge in [0.15, 0.2) is 0 Å². The highest BCUT2D eigenvalue weighted by atomic mass is 16.4. The minimum absolute atomic E-state index is 0.0584. The van der Waals surface area contributed by atoms with E-state index in [1.807, 2.05) is 0 Å². The van der Waals surface area contributed by atoms with Crippen molar-refractivity contribution in [3.05, 3.63) is 30.1 Å². The lowest BCUT2D eigenvalue weighted by atomic mass is 9.98. The van der Waals surface area contributed by atoms with Crippen molar-refractivity contribution in [2.24, 2.45) is 11.1 Å². The van der Waals surface area contributed by atoms with Crippen LogP contribution in [0.4, 0.5) is 0 Å². The molecule has 0 aromatic carbocycles. The minimum Gasteiger partial charge on any atom is -0.481 e. The third-order valence-corrected chi connectivity index (χ3v) is 1.61. The van der Waals surface area contributed by atoms with Gasteiger partial charge in [-0.1, -0.05) is 0 Å². The van der Waals surface area contributed by atoms with E-state index in [1.54, 1.807) is 45.3 Å². The number of carbonyl (C=O) groups is 1. The molecule has 0 aliphatic carbocycles. The van der Waals surface area contributed by atoms with E-state index in [9.17, 15) is 4.79 Å². The predicted molar refractivity (Wildman–Crippen MR) is 62.3 cm³/mol. The lowest BCUT2D eigenvalue weighted by molar-refractivity contribution is -0.145. The van der Waals surface area contributed by atoms with Crippen LogP contribution in [0.15, 0.2) is 24.5 Å². The molecule has 16 heavy (non-hydrogen) atoms. The van der Waals surface area contributed by atoms with Gasteiger partial charge in [-0.2, -0.15) is 0 Å². The first kappa shape index (κ1) is 14.1. The normalized spacial score (nSPS) is 9.94. The number of rotatable bonds is 1. The van der Waals surface area contributed by atoms with Gasteiger partial charge >= 0.3 is 5.97 Å². The Balaban J connectivity index is 0.000000293. The highest BCUT2D eigenvalue weighted by Gasteiger charge is 2.18. The Morgan fingerprint density at radius 1 is 1.50 bits per heavy atom. The number of nitrogens with one attached hydrogen (secondary N) is 1. The number of nitrogen functional groups attached to an aromatic ring is 1. The van der Waals surface area contributed by atoms with Gasteiger partial charge in [0.05, 0.1) is 5.41 Å². The third kappa shape index (κ3) is 5.74. The van der Waals surface area contributed by atoms with E-state index in [0.717, 1.165) is 0 Å². The number of pyridine rings is 1. The maximum absolute atomic E-state index is 10.0. The average Bonchev–Trinajstić information content (AvgIpc) is 2.18. The van der Waals surface area contributed by atoms with Crippen LogP contribution in [0.2, 0.25) is 0 Å². The van der Waals surface area contributed by atoms with Crippen molar-refractivity contribution in [2.45, 2.75) is 20.8 Å². The summed E-state index contributed by atoms with van der Waals surface area (Å²) in [7, 11) is 0. The molecule has 4 N–H and O–H groups in total. The molecule has 5 heteroatoms. The number of nitrogens with two attached hydrogens (primary N) is 1. The average molecular weight is 223 g/mol. The van der Waals surface area contributed by atoms with Crippen molar-refractivity contribution in [2.75, 3.05) is 0 Å². The quantitative estimate of drug-likeness (QED) is 0.496. The molecule has 0 unspecified atom stereocenters. The molecule has 0 bridgehead atoms. The van der Waals surface area contributed by atoms with Gasteiger partial charge < -0.3 is 10.8 Å². The summed E-state index contributed by atoms with van der Waals surface area (Å²) in [6.07, 6.45) is 3.20. The van der Waals surface area contributed by atoms with Gasteiger partial charge in [0.2, 0.25) is 0 Å². The number of hydrogen-bond donors (Lipinski definition) is 3. The molecule has 0 radical (unpaired) electrons. The summed E-state index contributed by atoms with van der Waals surface area (Å²) >= 11 is 0. The molecular weight excluding hydrogens is 206 g/mol. The Kier molecular flexibility index (Phi) is 5.15. The van der Waals surface area contributed by atoms with Gasteiger partial charge in [-0.3, -0.25) is 15.2 Å². The van der Waals surface area contributed by atoms with Crippen molar-refractivity contribution >= 4 is 11.8 Å². The molecule has 0 spiro atoms. The van der Waals surface area contributed by atoms with Gasteiger partial charge in [-0.15, -0.1) is 0 Å². The van der Waals surface area contributed by atoms with Crippen LogP contribution < -0.4 is 5.73 Å². The first-order valence-corrected chi connectivity index (χ1v) is 4.73. The number of nitrogens with zero attached hydrogens (tertiary/aromatic N) is 1. The first-order valence-electron chi connectivity index (χ1n) is 4.73. The van der Waals surface area contributed by atoms with E-state index in [2.05, 4.69) is 4.98 Å². The van der Waals surface area contributed by atoms with Crippen LogP contribution in [-0.4, -0.2) is 21.9 Å². The van der Waals surface area contributed by atoms with Gasteiger partial charge in [-0.05, 0) is 32.9 Å². The maximum Gasteiger partial charge on any atom is 0.308 e. The van der Waals surface area contributed by atoms with Crippen molar-refractivity contribution < 1.29 is 9.90 Å². The van der Waals surface area contributed by atoms with Crippen LogP contribution in [0.25, 0.3) is 0 Å². The van der Waals surface area contributed by atoms with Gasteiger partial charge in [0.25, 0.3) is 0 Å². The Morgan fingerprint density at radius 2 is 2.00 bits per heavy atom. The van der Waals surface area contributed by atoms with Crippen LogP contribution in [0.3, 0.4) is 0 Å². The molecule has 1 aromatic rings. The van der Waals surface area contributed by atoms with Crippen LogP contribution in [-0.2, 0) is 4.79 Å². The van der Waals surface area contributed by atoms with Gasteiger partial charge in [0, 0.05) is 18.0 Å². The summed E-state index contributed by atoms with van der Waals surface area (Å²) in [5, 5.41) is 15.2. The Bertz CT molecular complexity index is 355. The topological polar surface area (TPSA) is 100 Å². The highest BCUT2D eigenvalue weighted by molar-refractivity contribution is 5.94. The van der Waals surface area contributed by atoms with E-state index in [4.69, 9.17) is 16.2 Å². The van der Waals surface area contributed by atoms with Crippen LogP contribution in [0, 0.1) is 10.8 Å². The van der Waals surface area contributed by atoms with Crippen LogP contribution in [0.1, 0.15) is 26.3 Å². The molecule has 1 heterocycles. The molecule has 1 rings (SSSR count). The minimum atomic E-state index is -0.757. The number of amidine groups is 1. The molecule has 0 amide bonds. The fraction of sp³-hybridized carbons (Fsp3) is 0.364. The van der Waals surface area contributed by atoms with Crippen molar-refractivity contribution in [3.63, 3.8) is 0 Å². The molecule has 1 aromatic heterocycles. The summed E-state index contributed by atoms with van der Waals surface area (Å²) in [5.74, 6) is -0.699. The fourth-order valence-corrected chi connectivity index (χ4v) is 0.522. The molecule has 0 saturated heterocycles. The molecule has 5 nitrogen and oxygen atoms in total. The molecule has 0 aliphatic heterocycles. The number of hydrogen-bond acceptors (Lipinski definition) is 3. The summed E-state index contributed by atoms with van der Waals surface area (Å²) in [4.78, 5) is 13.8. The molecule has 0 fully saturated rings. The van der Waals surface area contributed by atoms with E-state index < -0.39 is 11.4 Å². The number of aliphatic carboxylic acids is 1. The zero-order valence-corrected chi connectivity index (χ0v) is 9.69. The SMILES string of the molecule is CC(C)(C)C(=O)O.N=C(N)c1cccnc1. The molecule has 88 valence electrons. The molecule has 0 saturated carbocycles. The Labute approximate surface area is 94.8 Å². The summed E-state index contributed by atoms with van der Waals surface area (Å²) in [6.45, 7) is 4.99. The van der Waals surface area contributed by atoms with E-state index in [-0.39, 0.29) is 5.84 Å². The van der Waals surface area contributed by atoms with E-state index >= 15 is 0 Å². The van der Waals surface area contributed by atoms with E-state index in [1.165, 1.54) is 0 Å². The molecule has 0 aliphatic rings. The summed E-state index contributed by atoms with van der Waals surface area (Å²) in [6, 6.07) is 3.49. The lowest BCUT2D eigenvalue weighted by Crippen LogP contribution is -2.18. The zero-order chi connectivity index (χ0) is 12.8. The van der Waals surface area contributed by atoms with E-state index in [0.29, 0.717) is 5.56 Å². The van der Waals surface area contributed by atoms with Crippen LogP contribution >= 0.6 is 0 Å².